The standard InChI is InChI=1S/C9H9FINO/c10-5-1-2-7-8(9(5)11)6(12)3-4-13-7/h1-2,6H,3-4,12H2. The van der Waals surface area contributed by atoms with Crippen molar-refractivity contribution in [3.63, 3.8) is 0 Å². The largest absolute Gasteiger partial charge is 0.493 e. The highest BCUT2D eigenvalue weighted by Gasteiger charge is 2.22. The molecule has 2 nitrogen and oxygen atoms in total. The molecule has 0 bridgehead atoms. The first kappa shape index (κ1) is 9.21. The van der Waals surface area contributed by atoms with Gasteiger partial charge in [-0.1, -0.05) is 0 Å². The maximum absolute atomic E-state index is 13.2. The molecule has 0 amide bonds. The van der Waals surface area contributed by atoms with Crippen LogP contribution >= 0.6 is 22.6 Å². The van der Waals surface area contributed by atoms with Gasteiger partial charge in [-0.05, 0) is 34.7 Å². The first-order valence-corrected chi connectivity index (χ1v) is 5.14. The van der Waals surface area contributed by atoms with Gasteiger partial charge in [0, 0.05) is 18.0 Å². The van der Waals surface area contributed by atoms with Gasteiger partial charge in [0.2, 0.25) is 0 Å². The predicted molar refractivity (Wildman–Crippen MR) is 56.2 cm³/mol. The lowest BCUT2D eigenvalue weighted by Gasteiger charge is -2.24. The topological polar surface area (TPSA) is 35.2 Å². The molecule has 2 N–H and O–H groups in total. The molecule has 1 heterocycles. The van der Waals surface area contributed by atoms with Crippen LogP contribution < -0.4 is 10.5 Å². The van der Waals surface area contributed by atoms with E-state index in [4.69, 9.17) is 10.5 Å². The lowest BCUT2D eigenvalue weighted by atomic mass is 10.0. The summed E-state index contributed by atoms with van der Waals surface area (Å²) in [4.78, 5) is 0. The molecule has 0 aliphatic carbocycles. The lowest BCUT2D eigenvalue weighted by molar-refractivity contribution is 0.267. The van der Waals surface area contributed by atoms with Crippen molar-refractivity contribution in [2.24, 2.45) is 5.73 Å². The van der Waals surface area contributed by atoms with Crippen LogP contribution in [0.15, 0.2) is 12.1 Å². The second-order valence-electron chi connectivity index (χ2n) is 3.02. The molecule has 0 aromatic heterocycles. The van der Waals surface area contributed by atoms with E-state index in [2.05, 4.69) is 0 Å². The summed E-state index contributed by atoms with van der Waals surface area (Å²) < 4.78 is 19.1. The highest BCUT2D eigenvalue weighted by atomic mass is 127. The fraction of sp³-hybridized carbons (Fsp3) is 0.333. The van der Waals surface area contributed by atoms with E-state index in [1.807, 2.05) is 22.6 Å². The number of nitrogens with two attached hydrogens (primary N) is 1. The van der Waals surface area contributed by atoms with Crippen molar-refractivity contribution >= 4 is 22.6 Å². The molecule has 2 rings (SSSR count). The van der Waals surface area contributed by atoms with E-state index in [9.17, 15) is 4.39 Å². The van der Waals surface area contributed by atoms with Crippen LogP contribution in [0.4, 0.5) is 4.39 Å². The Kier molecular flexibility index (Phi) is 2.42. The minimum Gasteiger partial charge on any atom is -0.493 e. The van der Waals surface area contributed by atoms with Crippen LogP contribution in [-0.2, 0) is 0 Å². The van der Waals surface area contributed by atoms with Crippen LogP contribution in [-0.4, -0.2) is 6.61 Å². The molecule has 70 valence electrons. The maximum atomic E-state index is 13.2. The first-order chi connectivity index (χ1) is 6.20. The van der Waals surface area contributed by atoms with E-state index in [1.165, 1.54) is 6.07 Å². The van der Waals surface area contributed by atoms with Gasteiger partial charge in [0.25, 0.3) is 0 Å². The molecular weight excluding hydrogens is 284 g/mol. The zero-order valence-corrected chi connectivity index (χ0v) is 9.05. The average molecular weight is 293 g/mol. The summed E-state index contributed by atoms with van der Waals surface area (Å²) in [5, 5.41) is 0. The SMILES string of the molecule is NC1CCOc2ccc(F)c(I)c21. The van der Waals surface area contributed by atoms with Gasteiger partial charge in [-0.15, -0.1) is 0 Å². The molecule has 1 aromatic carbocycles. The van der Waals surface area contributed by atoms with E-state index in [0.717, 1.165) is 17.7 Å². The van der Waals surface area contributed by atoms with Gasteiger partial charge in [0.1, 0.15) is 11.6 Å². The number of ether oxygens (including phenoxy) is 1. The van der Waals surface area contributed by atoms with Crippen LogP contribution in [0.5, 0.6) is 5.75 Å². The summed E-state index contributed by atoms with van der Waals surface area (Å²) in [6, 6.07) is 2.97. The molecule has 0 saturated heterocycles. The van der Waals surface area contributed by atoms with Crippen molar-refractivity contribution in [2.75, 3.05) is 6.61 Å². The minimum atomic E-state index is -0.222. The Balaban J connectivity index is 2.58. The second kappa shape index (κ2) is 3.42. The van der Waals surface area contributed by atoms with E-state index < -0.39 is 0 Å². The molecule has 0 radical (unpaired) electrons. The summed E-state index contributed by atoms with van der Waals surface area (Å²) in [6.07, 6.45) is 0.756. The molecule has 13 heavy (non-hydrogen) atoms. The highest BCUT2D eigenvalue weighted by molar-refractivity contribution is 14.1. The molecule has 0 saturated carbocycles. The van der Waals surface area contributed by atoms with Crippen LogP contribution in [0.3, 0.4) is 0 Å². The maximum Gasteiger partial charge on any atom is 0.137 e. The Morgan fingerprint density at radius 3 is 3.08 bits per heavy atom. The average Bonchev–Trinajstić information content (AvgIpc) is 2.12. The lowest BCUT2D eigenvalue weighted by Crippen LogP contribution is -2.22. The monoisotopic (exact) mass is 293 g/mol. The molecule has 1 aliphatic heterocycles. The van der Waals surface area contributed by atoms with Crippen LogP contribution in [0.1, 0.15) is 18.0 Å². The summed E-state index contributed by atoms with van der Waals surface area (Å²) in [5.41, 5.74) is 6.68. The van der Waals surface area contributed by atoms with Crippen molar-refractivity contribution in [3.8, 4) is 5.75 Å². The van der Waals surface area contributed by atoms with E-state index >= 15 is 0 Å². The van der Waals surface area contributed by atoms with Gasteiger partial charge in [-0.25, -0.2) is 4.39 Å². The quantitative estimate of drug-likeness (QED) is 0.744. The Hall–Kier alpha value is -0.360. The molecule has 1 aromatic rings. The van der Waals surface area contributed by atoms with Gasteiger partial charge >= 0.3 is 0 Å². The summed E-state index contributed by atoms with van der Waals surface area (Å²) in [5.74, 6) is 0.504. The Morgan fingerprint density at radius 2 is 2.31 bits per heavy atom. The number of rotatable bonds is 0. The van der Waals surface area contributed by atoms with Crippen LogP contribution in [0, 0.1) is 9.39 Å². The fourth-order valence-electron chi connectivity index (χ4n) is 1.46. The smallest absolute Gasteiger partial charge is 0.137 e. The number of hydrogen-bond acceptors (Lipinski definition) is 2. The number of hydrogen-bond donors (Lipinski definition) is 1. The van der Waals surface area contributed by atoms with Crippen molar-refractivity contribution in [3.05, 3.63) is 27.1 Å². The summed E-state index contributed by atoms with van der Waals surface area (Å²) in [7, 11) is 0. The van der Waals surface area contributed by atoms with Gasteiger partial charge < -0.3 is 10.5 Å². The third-order valence-electron chi connectivity index (χ3n) is 2.15. The first-order valence-electron chi connectivity index (χ1n) is 4.06. The third kappa shape index (κ3) is 1.52. The number of halogens is 2. The Morgan fingerprint density at radius 1 is 1.54 bits per heavy atom. The highest BCUT2D eigenvalue weighted by Crippen LogP contribution is 2.35. The van der Waals surface area contributed by atoms with Crippen LogP contribution in [0.25, 0.3) is 0 Å². The molecule has 0 spiro atoms. The Labute approximate surface area is 89.4 Å². The zero-order chi connectivity index (χ0) is 9.42. The minimum absolute atomic E-state index is 0.0913. The zero-order valence-electron chi connectivity index (χ0n) is 6.89. The molecule has 1 aliphatic rings. The molecule has 1 unspecified atom stereocenters. The second-order valence-corrected chi connectivity index (χ2v) is 4.10. The Bertz CT molecular complexity index is 343. The van der Waals surface area contributed by atoms with E-state index in [-0.39, 0.29) is 11.9 Å². The number of fused-ring (bicyclic) bond motifs is 1. The van der Waals surface area contributed by atoms with Crippen molar-refractivity contribution < 1.29 is 9.13 Å². The predicted octanol–water partition coefficient (Wildman–Crippen LogP) is 2.21. The van der Waals surface area contributed by atoms with Crippen LogP contribution in [0.2, 0.25) is 0 Å². The van der Waals surface area contributed by atoms with Crippen molar-refractivity contribution in [1.29, 1.82) is 0 Å². The molecule has 1 atom stereocenters. The fourth-order valence-corrected chi connectivity index (χ4v) is 2.31. The van der Waals surface area contributed by atoms with Gasteiger partial charge in [-0.2, -0.15) is 0 Å². The van der Waals surface area contributed by atoms with Crippen molar-refractivity contribution in [1.82, 2.24) is 0 Å². The van der Waals surface area contributed by atoms with Crippen molar-refractivity contribution in [2.45, 2.75) is 12.5 Å². The van der Waals surface area contributed by atoms with E-state index in [0.29, 0.717) is 10.2 Å². The molecule has 4 heteroatoms. The van der Waals surface area contributed by atoms with Gasteiger partial charge in [0.15, 0.2) is 0 Å². The summed E-state index contributed by atoms with van der Waals surface area (Å²) >= 11 is 1.97. The number of benzene rings is 1. The molecule has 0 fully saturated rings. The third-order valence-corrected chi connectivity index (χ3v) is 3.25. The van der Waals surface area contributed by atoms with Gasteiger partial charge in [-0.3, -0.25) is 0 Å². The van der Waals surface area contributed by atoms with Gasteiger partial charge in [0.05, 0.1) is 10.2 Å². The normalized spacial score (nSPS) is 20.7. The summed E-state index contributed by atoms with van der Waals surface area (Å²) in [6.45, 7) is 0.621. The molecular formula is C9H9FINO. The van der Waals surface area contributed by atoms with E-state index in [1.54, 1.807) is 6.07 Å².